The van der Waals surface area contributed by atoms with Crippen LogP contribution in [0.15, 0.2) is 35.4 Å². The molecule has 2 amide bonds. The third-order valence-corrected chi connectivity index (χ3v) is 4.31. The molecule has 0 saturated heterocycles. The third-order valence-electron chi connectivity index (χ3n) is 3.38. The predicted molar refractivity (Wildman–Crippen MR) is 98.6 cm³/mol. The molecule has 0 aliphatic heterocycles. The number of amides is 2. The zero-order valence-corrected chi connectivity index (χ0v) is 14.9. The van der Waals surface area contributed by atoms with E-state index in [0.717, 1.165) is 21.7 Å². The highest BCUT2D eigenvalue weighted by Crippen LogP contribution is 2.16. The molecule has 0 saturated carbocycles. The Hall–Kier alpha value is -2.47. The number of carbonyl (C=O) groups is 2. The number of carbonyl (C=O) groups excluding carboxylic acids is 2. The molecule has 6 heteroatoms. The van der Waals surface area contributed by atoms with Gasteiger partial charge < -0.3 is 5.32 Å². The van der Waals surface area contributed by atoms with Gasteiger partial charge in [-0.25, -0.2) is 5.43 Å². The van der Waals surface area contributed by atoms with E-state index in [-0.39, 0.29) is 24.7 Å². The topological polar surface area (TPSA) is 70.6 Å². The summed E-state index contributed by atoms with van der Waals surface area (Å²) in [6, 6.07) is 9.74. The molecular formula is C18H21N3O2S. The van der Waals surface area contributed by atoms with E-state index in [2.05, 4.69) is 15.8 Å². The number of aryl methyl sites for hydroxylation is 3. The molecular weight excluding hydrogens is 322 g/mol. The molecule has 0 fully saturated rings. The number of nitrogens with zero attached hydrogens (tertiary/aromatic N) is 1. The van der Waals surface area contributed by atoms with Crippen LogP contribution in [0.4, 0.5) is 5.69 Å². The molecule has 24 heavy (non-hydrogen) atoms. The fraction of sp³-hybridized carbons (Fsp3) is 0.278. The van der Waals surface area contributed by atoms with Gasteiger partial charge in [0.2, 0.25) is 11.8 Å². The van der Waals surface area contributed by atoms with Gasteiger partial charge in [-0.2, -0.15) is 5.10 Å². The quantitative estimate of drug-likeness (QED) is 0.622. The van der Waals surface area contributed by atoms with E-state index in [4.69, 9.17) is 0 Å². The Balaban J connectivity index is 1.74. The average molecular weight is 343 g/mol. The van der Waals surface area contributed by atoms with Crippen LogP contribution in [0.3, 0.4) is 0 Å². The number of nitrogens with one attached hydrogen (secondary N) is 2. The molecule has 0 unspecified atom stereocenters. The van der Waals surface area contributed by atoms with E-state index in [1.165, 1.54) is 4.88 Å². The summed E-state index contributed by atoms with van der Waals surface area (Å²) in [7, 11) is 0. The second-order valence-electron chi connectivity index (χ2n) is 5.61. The summed E-state index contributed by atoms with van der Waals surface area (Å²) in [6.07, 6.45) is 1.82. The van der Waals surface area contributed by atoms with E-state index in [1.54, 1.807) is 17.6 Å². The fourth-order valence-corrected chi connectivity index (χ4v) is 2.89. The van der Waals surface area contributed by atoms with Crippen molar-refractivity contribution in [2.24, 2.45) is 5.10 Å². The monoisotopic (exact) mass is 343 g/mol. The Kier molecular flexibility index (Phi) is 6.26. The predicted octanol–water partition coefficient (Wildman–Crippen LogP) is 3.54. The lowest BCUT2D eigenvalue weighted by molar-refractivity contribution is -0.124. The molecule has 2 rings (SSSR count). The first-order chi connectivity index (χ1) is 11.4. The summed E-state index contributed by atoms with van der Waals surface area (Å²) in [5.74, 6) is -0.467. The lowest BCUT2D eigenvalue weighted by Gasteiger charge is -2.08. The van der Waals surface area contributed by atoms with Crippen LogP contribution >= 0.6 is 11.3 Å². The maximum Gasteiger partial charge on any atom is 0.240 e. The van der Waals surface area contributed by atoms with Crippen molar-refractivity contribution >= 4 is 35.1 Å². The maximum absolute atomic E-state index is 11.9. The van der Waals surface area contributed by atoms with Crippen LogP contribution < -0.4 is 10.7 Å². The molecule has 126 valence electrons. The van der Waals surface area contributed by atoms with Crippen LogP contribution in [0, 0.1) is 20.8 Å². The van der Waals surface area contributed by atoms with Crippen LogP contribution in [0.25, 0.3) is 0 Å². The normalized spacial score (nSPS) is 10.8. The van der Waals surface area contributed by atoms with E-state index in [9.17, 15) is 9.59 Å². The highest BCUT2D eigenvalue weighted by Gasteiger charge is 2.08. The van der Waals surface area contributed by atoms with Gasteiger partial charge in [0.25, 0.3) is 0 Å². The van der Waals surface area contributed by atoms with Gasteiger partial charge in [0.05, 0.1) is 6.21 Å². The minimum absolute atomic E-state index is 0.0948. The van der Waals surface area contributed by atoms with E-state index in [1.807, 2.05) is 51.1 Å². The molecule has 0 atom stereocenters. The number of hydrogen-bond donors (Lipinski definition) is 2. The summed E-state index contributed by atoms with van der Waals surface area (Å²) in [5.41, 5.74) is 5.36. The molecule has 2 aromatic rings. The second kappa shape index (κ2) is 8.40. The first kappa shape index (κ1) is 17.9. The Labute approximate surface area is 145 Å². The maximum atomic E-state index is 11.9. The van der Waals surface area contributed by atoms with Gasteiger partial charge in [-0.05, 0) is 44.5 Å². The summed E-state index contributed by atoms with van der Waals surface area (Å²) >= 11 is 1.60. The van der Waals surface area contributed by atoms with Gasteiger partial charge in [0, 0.05) is 28.3 Å². The summed E-state index contributed by atoms with van der Waals surface area (Å²) < 4.78 is 0. The largest absolute Gasteiger partial charge is 0.326 e. The molecule has 0 aliphatic carbocycles. The first-order valence-corrected chi connectivity index (χ1v) is 8.51. The van der Waals surface area contributed by atoms with Crippen molar-refractivity contribution in [1.29, 1.82) is 0 Å². The van der Waals surface area contributed by atoms with Crippen molar-refractivity contribution in [3.8, 4) is 0 Å². The van der Waals surface area contributed by atoms with E-state index in [0.29, 0.717) is 0 Å². The molecule has 5 nitrogen and oxygen atoms in total. The Bertz CT molecular complexity index is 765. The van der Waals surface area contributed by atoms with Gasteiger partial charge in [0.15, 0.2) is 0 Å². The van der Waals surface area contributed by atoms with Gasteiger partial charge in [0.1, 0.15) is 0 Å². The first-order valence-electron chi connectivity index (χ1n) is 7.69. The van der Waals surface area contributed by atoms with Crippen molar-refractivity contribution < 1.29 is 9.59 Å². The van der Waals surface area contributed by atoms with Crippen LogP contribution in [0.5, 0.6) is 0 Å². The summed E-state index contributed by atoms with van der Waals surface area (Å²) in [6.45, 7) is 5.95. The number of anilines is 1. The molecule has 1 heterocycles. The molecule has 0 bridgehead atoms. The van der Waals surface area contributed by atoms with Crippen molar-refractivity contribution in [3.05, 3.63) is 51.2 Å². The molecule has 2 N–H and O–H groups in total. The highest BCUT2D eigenvalue weighted by atomic mass is 32.1. The van der Waals surface area contributed by atoms with E-state index < -0.39 is 0 Å². The lowest BCUT2D eigenvalue weighted by Crippen LogP contribution is -2.20. The SMILES string of the molecule is Cc1ccc(NC(=O)CCC(=O)NN=Cc2ccc(C)s2)c(C)c1. The van der Waals surface area contributed by atoms with Gasteiger partial charge in [-0.1, -0.05) is 17.7 Å². The molecule has 0 spiro atoms. The van der Waals surface area contributed by atoms with Gasteiger partial charge >= 0.3 is 0 Å². The van der Waals surface area contributed by atoms with Crippen LogP contribution in [0.1, 0.15) is 33.7 Å². The smallest absolute Gasteiger partial charge is 0.240 e. The summed E-state index contributed by atoms with van der Waals surface area (Å²) in [5, 5.41) is 6.72. The van der Waals surface area contributed by atoms with Crippen molar-refractivity contribution in [1.82, 2.24) is 5.43 Å². The highest BCUT2D eigenvalue weighted by molar-refractivity contribution is 7.13. The lowest BCUT2D eigenvalue weighted by atomic mass is 10.1. The minimum Gasteiger partial charge on any atom is -0.326 e. The second-order valence-corrected chi connectivity index (χ2v) is 6.93. The van der Waals surface area contributed by atoms with Crippen molar-refractivity contribution in [3.63, 3.8) is 0 Å². The number of thiophene rings is 1. The fourth-order valence-electron chi connectivity index (χ4n) is 2.14. The Morgan fingerprint density at radius 1 is 1.08 bits per heavy atom. The van der Waals surface area contributed by atoms with Crippen LogP contribution in [-0.4, -0.2) is 18.0 Å². The number of hydrazone groups is 1. The zero-order valence-electron chi connectivity index (χ0n) is 14.1. The van der Waals surface area contributed by atoms with Crippen molar-refractivity contribution in [2.75, 3.05) is 5.32 Å². The summed E-state index contributed by atoms with van der Waals surface area (Å²) in [4.78, 5) is 25.8. The third kappa shape index (κ3) is 5.62. The van der Waals surface area contributed by atoms with Gasteiger partial charge in [-0.15, -0.1) is 11.3 Å². The van der Waals surface area contributed by atoms with Crippen LogP contribution in [-0.2, 0) is 9.59 Å². The van der Waals surface area contributed by atoms with Gasteiger partial charge in [-0.3, -0.25) is 9.59 Å². The molecule has 0 aliphatic rings. The number of benzene rings is 1. The standard InChI is InChI=1S/C18H21N3O2S/c1-12-4-7-16(13(2)10-12)20-17(22)8-9-18(23)21-19-11-15-6-5-14(3)24-15/h4-7,10-11H,8-9H2,1-3H3,(H,20,22)(H,21,23). The zero-order chi connectivity index (χ0) is 17.5. The number of hydrogen-bond acceptors (Lipinski definition) is 4. The minimum atomic E-state index is -0.282. The Morgan fingerprint density at radius 3 is 2.50 bits per heavy atom. The Morgan fingerprint density at radius 2 is 1.83 bits per heavy atom. The molecule has 1 aromatic heterocycles. The average Bonchev–Trinajstić information content (AvgIpc) is 2.93. The molecule has 0 radical (unpaired) electrons. The van der Waals surface area contributed by atoms with Crippen molar-refractivity contribution in [2.45, 2.75) is 33.6 Å². The van der Waals surface area contributed by atoms with E-state index >= 15 is 0 Å². The molecule has 1 aromatic carbocycles. The number of rotatable bonds is 6. The van der Waals surface area contributed by atoms with Crippen LogP contribution in [0.2, 0.25) is 0 Å².